The number of aryl methyl sites for hydroxylation is 1. The van der Waals surface area contributed by atoms with Crippen molar-refractivity contribution in [1.82, 2.24) is 19.6 Å². The Morgan fingerprint density at radius 2 is 1.83 bits per heavy atom. The van der Waals surface area contributed by atoms with Crippen molar-refractivity contribution in [3.05, 3.63) is 87.3 Å². The number of halogens is 2. The van der Waals surface area contributed by atoms with E-state index in [0.29, 0.717) is 23.8 Å². The lowest BCUT2D eigenvalue weighted by atomic mass is 10.1. The Morgan fingerprint density at radius 3 is 2.57 bits per heavy atom. The summed E-state index contributed by atoms with van der Waals surface area (Å²) in [5.74, 6) is -1.81. The number of carbonyl (C=O) groups is 1. The number of benzene rings is 2. The zero-order valence-corrected chi connectivity index (χ0v) is 15.7. The molecule has 0 bridgehead atoms. The van der Waals surface area contributed by atoms with Crippen LogP contribution in [0.1, 0.15) is 21.6 Å². The average molecular weight is 410 g/mol. The van der Waals surface area contributed by atoms with Crippen molar-refractivity contribution < 1.29 is 13.6 Å². The third-order valence-electron chi connectivity index (χ3n) is 4.31. The summed E-state index contributed by atoms with van der Waals surface area (Å²) in [7, 11) is 0. The number of H-pyrrole nitrogens is 1. The molecule has 8 nitrogen and oxygen atoms in total. The molecule has 10 heteroatoms. The Hall–Kier alpha value is -4.08. The highest BCUT2D eigenvalue weighted by Gasteiger charge is 2.09. The van der Waals surface area contributed by atoms with E-state index in [-0.39, 0.29) is 17.0 Å². The third kappa shape index (κ3) is 4.02. The number of rotatable bonds is 5. The van der Waals surface area contributed by atoms with Gasteiger partial charge in [0.25, 0.3) is 17.2 Å². The fourth-order valence-electron chi connectivity index (χ4n) is 2.81. The number of aromatic amines is 1. The zero-order chi connectivity index (χ0) is 21.3. The van der Waals surface area contributed by atoms with Crippen LogP contribution in [-0.2, 0) is 6.54 Å². The molecular weight excluding hydrogens is 394 g/mol. The lowest BCUT2D eigenvalue weighted by molar-refractivity contribution is 0.102. The van der Waals surface area contributed by atoms with Gasteiger partial charge in [0, 0.05) is 35.6 Å². The number of nitrogens with one attached hydrogen (secondary N) is 3. The smallest absolute Gasteiger partial charge is 0.274 e. The molecule has 152 valence electrons. The lowest BCUT2D eigenvalue weighted by Gasteiger charge is -2.07. The molecule has 1 amide bonds. The van der Waals surface area contributed by atoms with Crippen molar-refractivity contribution in [1.29, 1.82) is 0 Å². The van der Waals surface area contributed by atoms with Crippen molar-refractivity contribution in [2.75, 3.05) is 10.6 Å². The van der Waals surface area contributed by atoms with Gasteiger partial charge < -0.3 is 10.6 Å². The SMILES string of the molecule is Cc1cc(=O)n2[nH]c(NCc3ccc(C(=O)Nc4ccc(F)c(F)c4)cc3)nc2n1. The van der Waals surface area contributed by atoms with Crippen molar-refractivity contribution >= 4 is 23.3 Å². The third-order valence-corrected chi connectivity index (χ3v) is 4.31. The molecule has 0 fully saturated rings. The second-order valence-corrected chi connectivity index (χ2v) is 6.58. The standard InChI is InChI=1S/C20H16F2N6O2/c1-11-8-17(29)28-20(24-11)26-19(27-28)23-10-12-2-4-13(5-3-12)18(30)25-14-6-7-15(21)16(22)9-14/h2-9H,10H2,1H3,(H,25,30)(H2,23,24,26,27). The average Bonchev–Trinajstić information content (AvgIpc) is 3.13. The summed E-state index contributed by atoms with van der Waals surface area (Å²) >= 11 is 0. The Kier molecular flexibility index (Phi) is 4.97. The second kappa shape index (κ2) is 7.74. The number of carbonyl (C=O) groups excluding carboxylic acids is 1. The number of hydrogen-bond acceptors (Lipinski definition) is 5. The molecule has 30 heavy (non-hydrogen) atoms. The van der Waals surface area contributed by atoms with Gasteiger partial charge in [-0.25, -0.2) is 13.8 Å². The fraction of sp³-hybridized carbons (Fsp3) is 0.100. The summed E-state index contributed by atoms with van der Waals surface area (Å²) in [5, 5.41) is 8.39. The van der Waals surface area contributed by atoms with Gasteiger partial charge in [-0.05, 0) is 36.8 Å². The van der Waals surface area contributed by atoms with E-state index >= 15 is 0 Å². The van der Waals surface area contributed by atoms with Gasteiger partial charge in [-0.2, -0.15) is 9.50 Å². The highest BCUT2D eigenvalue weighted by atomic mass is 19.2. The van der Waals surface area contributed by atoms with Crippen LogP contribution in [0.3, 0.4) is 0 Å². The number of nitrogens with zero attached hydrogens (tertiary/aromatic N) is 3. The maximum absolute atomic E-state index is 13.3. The van der Waals surface area contributed by atoms with E-state index in [1.807, 2.05) is 0 Å². The number of amides is 1. The fourth-order valence-corrected chi connectivity index (χ4v) is 2.81. The molecule has 0 radical (unpaired) electrons. The molecule has 3 N–H and O–H groups in total. The van der Waals surface area contributed by atoms with Crippen molar-refractivity contribution in [3.8, 4) is 0 Å². The van der Waals surface area contributed by atoms with Crippen molar-refractivity contribution in [3.63, 3.8) is 0 Å². The zero-order valence-electron chi connectivity index (χ0n) is 15.7. The van der Waals surface area contributed by atoms with Crippen LogP contribution in [0, 0.1) is 18.6 Å². The summed E-state index contributed by atoms with van der Waals surface area (Å²) in [5.41, 5.74) is 1.70. The molecule has 0 spiro atoms. The first-order valence-electron chi connectivity index (χ1n) is 8.95. The van der Waals surface area contributed by atoms with Crippen LogP contribution in [0.5, 0.6) is 0 Å². The minimum absolute atomic E-state index is 0.161. The first kappa shape index (κ1) is 19.2. The molecule has 0 saturated carbocycles. The number of fused-ring (bicyclic) bond motifs is 1. The Balaban J connectivity index is 1.41. The largest absolute Gasteiger partial charge is 0.351 e. The summed E-state index contributed by atoms with van der Waals surface area (Å²) in [6, 6.07) is 11.3. The predicted octanol–water partition coefficient (Wildman–Crippen LogP) is 2.87. The normalized spacial score (nSPS) is 10.9. The van der Waals surface area contributed by atoms with E-state index in [1.54, 1.807) is 31.2 Å². The molecule has 0 aliphatic heterocycles. The molecule has 4 rings (SSSR count). The van der Waals surface area contributed by atoms with Gasteiger partial charge in [0.15, 0.2) is 11.6 Å². The highest BCUT2D eigenvalue weighted by molar-refractivity contribution is 6.04. The molecule has 0 aliphatic rings. The molecule has 2 aromatic carbocycles. The highest BCUT2D eigenvalue weighted by Crippen LogP contribution is 2.15. The lowest BCUT2D eigenvalue weighted by Crippen LogP contribution is -2.14. The quantitative estimate of drug-likeness (QED) is 0.469. The minimum atomic E-state index is -1.03. The Bertz CT molecular complexity index is 1300. The van der Waals surface area contributed by atoms with E-state index in [4.69, 9.17) is 0 Å². The maximum atomic E-state index is 13.3. The van der Waals surface area contributed by atoms with E-state index < -0.39 is 17.5 Å². The summed E-state index contributed by atoms with van der Waals surface area (Å²) < 4.78 is 27.5. The van der Waals surface area contributed by atoms with Gasteiger partial charge in [-0.3, -0.25) is 14.7 Å². The topological polar surface area (TPSA) is 104 Å². The van der Waals surface area contributed by atoms with E-state index in [2.05, 4.69) is 25.7 Å². The van der Waals surface area contributed by atoms with Crippen LogP contribution < -0.4 is 16.2 Å². The van der Waals surface area contributed by atoms with Gasteiger partial charge in [0.1, 0.15) is 0 Å². The molecule has 4 aromatic rings. The predicted molar refractivity (Wildman–Crippen MR) is 106 cm³/mol. The molecule has 2 heterocycles. The van der Waals surface area contributed by atoms with Crippen LogP contribution in [-0.4, -0.2) is 25.5 Å². The first-order valence-corrected chi connectivity index (χ1v) is 8.95. The van der Waals surface area contributed by atoms with Crippen LogP contribution in [0.2, 0.25) is 0 Å². The number of aromatic nitrogens is 4. The van der Waals surface area contributed by atoms with E-state index in [0.717, 1.165) is 17.7 Å². The van der Waals surface area contributed by atoms with Gasteiger partial charge in [-0.1, -0.05) is 12.1 Å². The summed E-state index contributed by atoms with van der Waals surface area (Å²) in [6.45, 7) is 2.10. The monoisotopic (exact) mass is 410 g/mol. The summed E-state index contributed by atoms with van der Waals surface area (Å²) in [4.78, 5) is 32.6. The van der Waals surface area contributed by atoms with Gasteiger partial charge in [0.2, 0.25) is 5.95 Å². The Morgan fingerprint density at radius 1 is 1.07 bits per heavy atom. The number of hydrogen-bond donors (Lipinski definition) is 3. The molecular formula is C20H16F2N6O2. The van der Waals surface area contributed by atoms with Crippen LogP contribution >= 0.6 is 0 Å². The number of anilines is 2. The van der Waals surface area contributed by atoms with Gasteiger partial charge in [0.05, 0.1) is 0 Å². The molecule has 0 aliphatic carbocycles. The second-order valence-electron chi connectivity index (χ2n) is 6.58. The van der Waals surface area contributed by atoms with E-state index in [1.165, 1.54) is 16.6 Å². The molecule has 2 aromatic heterocycles. The first-order chi connectivity index (χ1) is 14.4. The minimum Gasteiger partial charge on any atom is -0.351 e. The molecule has 0 unspecified atom stereocenters. The van der Waals surface area contributed by atoms with Crippen LogP contribution in [0.4, 0.5) is 20.4 Å². The molecule has 0 atom stereocenters. The van der Waals surface area contributed by atoms with E-state index in [9.17, 15) is 18.4 Å². The van der Waals surface area contributed by atoms with Crippen LogP contribution in [0.15, 0.2) is 53.3 Å². The maximum Gasteiger partial charge on any atom is 0.274 e. The Labute approximate surface area is 168 Å². The van der Waals surface area contributed by atoms with Crippen LogP contribution in [0.25, 0.3) is 5.78 Å². The van der Waals surface area contributed by atoms with Gasteiger partial charge >= 0.3 is 0 Å². The van der Waals surface area contributed by atoms with Crippen molar-refractivity contribution in [2.45, 2.75) is 13.5 Å². The van der Waals surface area contributed by atoms with Gasteiger partial charge in [-0.15, -0.1) is 0 Å². The molecule has 0 saturated heterocycles. The summed E-state index contributed by atoms with van der Waals surface area (Å²) in [6.07, 6.45) is 0. The van der Waals surface area contributed by atoms with Crippen molar-refractivity contribution in [2.24, 2.45) is 0 Å².